The molecule has 2 aromatic carbocycles. The van der Waals surface area contributed by atoms with Gasteiger partial charge in [0.1, 0.15) is 18.1 Å². The average molecular weight is 492 g/mol. The highest BCUT2D eigenvalue weighted by molar-refractivity contribution is 5.87. The van der Waals surface area contributed by atoms with Crippen molar-refractivity contribution in [2.45, 2.75) is 27.1 Å². The molecule has 0 fully saturated rings. The Morgan fingerprint density at radius 1 is 0.944 bits per heavy atom. The highest BCUT2D eigenvalue weighted by Gasteiger charge is 2.14. The van der Waals surface area contributed by atoms with E-state index >= 15 is 0 Å². The fourth-order valence-corrected chi connectivity index (χ4v) is 3.36. The third kappa shape index (κ3) is 5.72. The van der Waals surface area contributed by atoms with E-state index in [9.17, 15) is 4.79 Å². The topological polar surface area (TPSA) is 119 Å². The van der Waals surface area contributed by atoms with Crippen LogP contribution in [0.5, 0.6) is 17.2 Å². The molecular formula is C26H25N3O7. The van der Waals surface area contributed by atoms with E-state index in [1.54, 1.807) is 44.6 Å². The lowest BCUT2D eigenvalue weighted by atomic mass is 10.2. The molecule has 2 heterocycles. The summed E-state index contributed by atoms with van der Waals surface area (Å²) in [6, 6.07) is 12.6. The summed E-state index contributed by atoms with van der Waals surface area (Å²) in [5.41, 5.74) is 3.07. The monoisotopic (exact) mass is 491 g/mol. The fraction of sp³-hybridized carbons (Fsp3) is 0.231. The van der Waals surface area contributed by atoms with Crippen LogP contribution in [0.4, 0.5) is 0 Å². The van der Waals surface area contributed by atoms with E-state index in [2.05, 4.69) is 15.3 Å². The van der Waals surface area contributed by atoms with Crippen LogP contribution in [-0.2, 0) is 22.7 Å². The highest BCUT2D eigenvalue weighted by atomic mass is 16.6. The Morgan fingerprint density at radius 3 is 2.50 bits per heavy atom. The van der Waals surface area contributed by atoms with Crippen LogP contribution < -0.4 is 14.2 Å². The lowest BCUT2D eigenvalue weighted by Gasteiger charge is -2.11. The second-order valence-corrected chi connectivity index (χ2v) is 7.65. The number of carbonyl (C=O) groups is 1. The number of hydrogen-bond donors (Lipinski definition) is 0. The van der Waals surface area contributed by atoms with Crippen LogP contribution in [0.2, 0.25) is 0 Å². The number of ether oxygens (including phenoxy) is 4. The third-order valence-electron chi connectivity index (χ3n) is 5.31. The molecule has 0 aliphatic carbocycles. The SMILES string of the molecule is COc1cc(/C=C/C(=O)OCc2nc(-c3ccccc3OC)no2)ccc1OCc1c(C)noc1C. The summed E-state index contributed by atoms with van der Waals surface area (Å²) in [5, 5.41) is 7.85. The Balaban J connectivity index is 1.34. The number of benzene rings is 2. The van der Waals surface area contributed by atoms with Gasteiger partial charge < -0.3 is 28.0 Å². The minimum Gasteiger partial charge on any atom is -0.496 e. The van der Waals surface area contributed by atoms with E-state index in [-0.39, 0.29) is 12.5 Å². The molecule has 10 heteroatoms. The zero-order chi connectivity index (χ0) is 25.5. The number of nitrogens with zero attached hydrogens (tertiary/aromatic N) is 3. The van der Waals surface area contributed by atoms with Crippen LogP contribution in [-0.4, -0.2) is 35.5 Å². The molecule has 36 heavy (non-hydrogen) atoms. The van der Waals surface area contributed by atoms with Crippen molar-refractivity contribution in [3.8, 4) is 28.6 Å². The number of aromatic nitrogens is 3. The van der Waals surface area contributed by atoms with Crippen molar-refractivity contribution in [3.63, 3.8) is 0 Å². The summed E-state index contributed by atoms with van der Waals surface area (Å²) in [4.78, 5) is 16.5. The third-order valence-corrected chi connectivity index (χ3v) is 5.31. The van der Waals surface area contributed by atoms with Crippen molar-refractivity contribution in [1.82, 2.24) is 15.3 Å². The molecule has 4 aromatic rings. The van der Waals surface area contributed by atoms with Gasteiger partial charge in [-0.1, -0.05) is 28.5 Å². The first kappa shape index (κ1) is 24.5. The molecule has 0 aliphatic rings. The fourth-order valence-electron chi connectivity index (χ4n) is 3.36. The maximum Gasteiger partial charge on any atom is 0.331 e. The number of aryl methyl sites for hydroxylation is 2. The predicted octanol–water partition coefficient (Wildman–Crippen LogP) is 4.69. The molecule has 0 atom stereocenters. The lowest BCUT2D eigenvalue weighted by molar-refractivity contribution is -0.139. The van der Waals surface area contributed by atoms with E-state index < -0.39 is 5.97 Å². The van der Waals surface area contributed by atoms with Gasteiger partial charge in [0.15, 0.2) is 18.1 Å². The molecule has 10 nitrogen and oxygen atoms in total. The molecule has 186 valence electrons. The van der Waals surface area contributed by atoms with E-state index in [4.69, 9.17) is 28.0 Å². The minimum absolute atomic E-state index is 0.164. The van der Waals surface area contributed by atoms with Gasteiger partial charge in [-0.15, -0.1) is 0 Å². The average Bonchev–Trinajstić information content (AvgIpc) is 3.51. The Hall–Kier alpha value is -4.60. The molecular weight excluding hydrogens is 466 g/mol. The molecule has 0 saturated heterocycles. The second kappa shape index (κ2) is 11.2. The smallest absolute Gasteiger partial charge is 0.331 e. The largest absolute Gasteiger partial charge is 0.496 e. The number of methoxy groups -OCH3 is 2. The normalized spacial score (nSPS) is 11.0. The van der Waals surface area contributed by atoms with Gasteiger partial charge in [-0.25, -0.2) is 4.79 Å². The number of rotatable bonds is 10. The number of hydrogen-bond acceptors (Lipinski definition) is 10. The first-order valence-electron chi connectivity index (χ1n) is 11.0. The van der Waals surface area contributed by atoms with Crippen LogP contribution in [0.15, 0.2) is 57.6 Å². The minimum atomic E-state index is -0.565. The van der Waals surface area contributed by atoms with Crippen molar-refractivity contribution in [1.29, 1.82) is 0 Å². The molecule has 2 aromatic heterocycles. The molecule has 0 aliphatic heterocycles. The van der Waals surface area contributed by atoms with Gasteiger partial charge in [-0.2, -0.15) is 4.98 Å². The Kier molecular flexibility index (Phi) is 7.64. The standard InChI is InChI=1S/C26H25N3O7/c1-16-20(17(2)35-28-16)14-33-22-11-9-18(13-23(22)32-4)10-12-25(30)34-15-24-27-26(29-36-24)19-7-5-6-8-21(19)31-3/h5-13H,14-15H2,1-4H3/b12-10+. The first-order valence-corrected chi connectivity index (χ1v) is 11.0. The van der Waals surface area contributed by atoms with E-state index in [0.29, 0.717) is 41.0 Å². The van der Waals surface area contributed by atoms with Gasteiger partial charge in [0.25, 0.3) is 5.89 Å². The number of carbonyl (C=O) groups excluding carboxylic acids is 1. The molecule has 0 bridgehead atoms. The van der Waals surface area contributed by atoms with Crippen LogP contribution in [0.3, 0.4) is 0 Å². The molecule has 4 rings (SSSR count). The Bertz CT molecular complexity index is 1350. The molecule has 0 saturated carbocycles. The van der Waals surface area contributed by atoms with E-state index in [1.807, 2.05) is 32.0 Å². The van der Waals surface area contributed by atoms with Crippen molar-refractivity contribution in [2.24, 2.45) is 0 Å². The van der Waals surface area contributed by atoms with Crippen molar-refractivity contribution < 1.29 is 32.8 Å². The van der Waals surface area contributed by atoms with Gasteiger partial charge in [0.05, 0.1) is 31.0 Å². The Morgan fingerprint density at radius 2 is 1.75 bits per heavy atom. The summed E-state index contributed by atoms with van der Waals surface area (Å²) in [7, 11) is 3.11. The maximum absolute atomic E-state index is 12.2. The predicted molar refractivity (Wildman–Crippen MR) is 128 cm³/mol. The van der Waals surface area contributed by atoms with Crippen LogP contribution in [0.25, 0.3) is 17.5 Å². The molecule has 0 amide bonds. The van der Waals surface area contributed by atoms with Crippen LogP contribution in [0.1, 0.15) is 28.5 Å². The highest BCUT2D eigenvalue weighted by Crippen LogP contribution is 2.30. The summed E-state index contributed by atoms with van der Waals surface area (Å²) in [6.07, 6.45) is 2.91. The van der Waals surface area contributed by atoms with Gasteiger partial charge >= 0.3 is 5.97 Å². The summed E-state index contributed by atoms with van der Waals surface area (Å²) < 4.78 is 32.2. The summed E-state index contributed by atoms with van der Waals surface area (Å²) >= 11 is 0. The first-order chi connectivity index (χ1) is 17.5. The van der Waals surface area contributed by atoms with Crippen molar-refractivity contribution in [2.75, 3.05) is 14.2 Å². The van der Waals surface area contributed by atoms with E-state index in [1.165, 1.54) is 6.08 Å². The summed E-state index contributed by atoms with van der Waals surface area (Å²) in [6.45, 7) is 3.83. The molecule has 0 radical (unpaired) electrons. The summed E-state index contributed by atoms with van der Waals surface area (Å²) in [5.74, 6) is 2.34. The zero-order valence-corrected chi connectivity index (χ0v) is 20.3. The van der Waals surface area contributed by atoms with Gasteiger partial charge in [0.2, 0.25) is 5.82 Å². The van der Waals surface area contributed by atoms with Gasteiger partial charge in [0, 0.05) is 6.08 Å². The quantitative estimate of drug-likeness (QED) is 0.228. The van der Waals surface area contributed by atoms with E-state index in [0.717, 1.165) is 16.8 Å². The zero-order valence-electron chi connectivity index (χ0n) is 20.3. The van der Waals surface area contributed by atoms with Crippen LogP contribution in [0, 0.1) is 13.8 Å². The lowest BCUT2D eigenvalue weighted by Crippen LogP contribution is -2.01. The second-order valence-electron chi connectivity index (χ2n) is 7.65. The van der Waals surface area contributed by atoms with Crippen molar-refractivity contribution in [3.05, 3.63) is 77.0 Å². The Labute approximate surface area is 207 Å². The van der Waals surface area contributed by atoms with Crippen LogP contribution >= 0.6 is 0 Å². The molecule has 0 unspecified atom stereocenters. The molecule has 0 N–H and O–H groups in total. The van der Waals surface area contributed by atoms with Crippen molar-refractivity contribution >= 4 is 12.0 Å². The number of esters is 1. The maximum atomic E-state index is 12.2. The van der Waals surface area contributed by atoms with Gasteiger partial charge in [-0.05, 0) is 49.8 Å². The molecule has 0 spiro atoms. The number of para-hydroxylation sites is 1. The van der Waals surface area contributed by atoms with Gasteiger partial charge in [-0.3, -0.25) is 0 Å².